The number of hydrogen-bond acceptors (Lipinski definition) is 2. The summed E-state index contributed by atoms with van der Waals surface area (Å²) in [6.07, 6.45) is 5.55. The zero-order chi connectivity index (χ0) is 9.71. The molecule has 0 saturated heterocycles. The van der Waals surface area contributed by atoms with Gasteiger partial charge in [0.05, 0.1) is 0 Å². The molecule has 0 atom stereocenters. The Hall–Kier alpha value is -0.900. The molecule has 14 heavy (non-hydrogen) atoms. The molecule has 0 fully saturated rings. The van der Waals surface area contributed by atoms with Crippen LogP contribution in [0.25, 0.3) is 5.65 Å². The lowest BCUT2D eigenvalue weighted by atomic mass is 10.2. The van der Waals surface area contributed by atoms with Crippen LogP contribution in [-0.4, -0.2) is 14.6 Å². The number of rotatable bonds is 0. The smallest absolute Gasteiger partial charge is 0.159 e. The zero-order valence-corrected chi connectivity index (χ0v) is 9.50. The Kier molecular flexibility index (Phi) is 1.68. The van der Waals surface area contributed by atoms with Crippen molar-refractivity contribution >= 4 is 21.6 Å². The van der Waals surface area contributed by atoms with Gasteiger partial charge in [-0.3, -0.25) is 0 Å². The third-order valence-corrected chi connectivity index (χ3v) is 3.43. The Bertz CT molecular complexity index is 516. The molecule has 3 nitrogen and oxygen atoms in total. The van der Waals surface area contributed by atoms with Crippen molar-refractivity contribution in [3.8, 4) is 0 Å². The number of pyridine rings is 1. The maximum absolute atomic E-state index is 4.46. The van der Waals surface area contributed by atoms with Crippen molar-refractivity contribution in [2.24, 2.45) is 0 Å². The molecule has 2 aromatic rings. The second-order valence-electron chi connectivity index (χ2n) is 3.71. The van der Waals surface area contributed by atoms with E-state index in [0.717, 1.165) is 17.9 Å². The molecular formula is C10H10BrN3. The minimum atomic E-state index is 0.845. The molecule has 3 rings (SSSR count). The Morgan fingerprint density at radius 1 is 1.36 bits per heavy atom. The molecule has 0 aliphatic heterocycles. The van der Waals surface area contributed by atoms with Gasteiger partial charge in [-0.15, -0.1) is 0 Å². The van der Waals surface area contributed by atoms with Crippen LogP contribution in [0.15, 0.2) is 10.7 Å². The van der Waals surface area contributed by atoms with E-state index in [9.17, 15) is 0 Å². The van der Waals surface area contributed by atoms with Gasteiger partial charge in [0.1, 0.15) is 5.82 Å². The lowest BCUT2D eigenvalue weighted by Gasteiger charge is -2.03. The topological polar surface area (TPSA) is 30.2 Å². The van der Waals surface area contributed by atoms with E-state index in [-0.39, 0.29) is 0 Å². The van der Waals surface area contributed by atoms with Gasteiger partial charge in [0.2, 0.25) is 0 Å². The van der Waals surface area contributed by atoms with Gasteiger partial charge in [-0.05, 0) is 47.7 Å². The van der Waals surface area contributed by atoms with Crippen molar-refractivity contribution in [1.82, 2.24) is 14.6 Å². The number of hydrogen-bond donors (Lipinski definition) is 0. The molecule has 0 spiro atoms. The molecule has 1 aliphatic carbocycles. The van der Waals surface area contributed by atoms with Crippen LogP contribution in [0.5, 0.6) is 0 Å². The lowest BCUT2D eigenvalue weighted by Crippen LogP contribution is -1.94. The van der Waals surface area contributed by atoms with Gasteiger partial charge < -0.3 is 0 Å². The Balaban J connectivity index is 2.45. The summed E-state index contributed by atoms with van der Waals surface area (Å²) in [6.45, 7) is 1.93. The molecule has 0 N–H and O–H groups in total. The van der Waals surface area contributed by atoms with Crippen LogP contribution in [0.4, 0.5) is 0 Å². The van der Waals surface area contributed by atoms with Gasteiger partial charge in [0, 0.05) is 16.2 Å². The number of aromatic nitrogens is 3. The van der Waals surface area contributed by atoms with Crippen LogP contribution in [0.1, 0.15) is 23.4 Å². The van der Waals surface area contributed by atoms with Gasteiger partial charge in [-0.2, -0.15) is 5.10 Å². The highest BCUT2D eigenvalue weighted by atomic mass is 79.9. The molecule has 0 unspecified atom stereocenters. The van der Waals surface area contributed by atoms with Gasteiger partial charge in [-0.25, -0.2) is 9.50 Å². The summed E-state index contributed by atoms with van der Waals surface area (Å²) in [5.74, 6) is 0.845. The Labute approximate surface area is 90.3 Å². The highest BCUT2D eigenvalue weighted by Crippen LogP contribution is 2.31. The van der Waals surface area contributed by atoms with Gasteiger partial charge in [0.25, 0.3) is 0 Å². The van der Waals surface area contributed by atoms with E-state index in [1.54, 1.807) is 0 Å². The highest BCUT2D eigenvalue weighted by molar-refractivity contribution is 9.10. The fourth-order valence-electron chi connectivity index (χ4n) is 2.17. The summed E-state index contributed by atoms with van der Waals surface area (Å²) >= 11 is 3.59. The molecule has 0 aromatic carbocycles. The second kappa shape index (κ2) is 2.79. The van der Waals surface area contributed by atoms with Crippen molar-refractivity contribution in [2.45, 2.75) is 26.2 Å². The average molecular weight is 252 g/mol. The van der Waals surface area contributed by atoms with Crippen molar-refractivity contribution in [2.75, 3.05) is 0 Å². The van der Waals surface area contributed by atoms with Crippen LogP contribution < -0.4 is 0 Å². The number of halogens is 1. The largest absolute Gasteiger partial charge is 0.219 e. The number of aryl methyl sites for hydroxylation is 2. The molecule has 4 heteroatoms. The van der Waals surface area contributed by atoms with Gasteiger partial charge in [-0.1, -0.05) is 0 Å². The fourth-order valence-corrected chi connectivity index (χ4v) is 2.80. The van der Waals surface area contributed by atoms with Crippen LogP contribution in [0.2, 0.25) is 0 Å². The van der Waals surface area contributed by atoms with Gasteiger partial charge in [0.15, 0.2) is 5.65 Å². The maximum Gasteiger partial charge on any atom is 0.159 e. The van der Waals surface area contributed by atoms with Crippen molar-refractivity contribution in [1.29, 1.82) is 0 Å². The third-order valence-electron chi connectivity index (χ3n) is 2.75. The van der Waals surface area contributed by atoms with E-state index in [2.05, 4.69) is 26.0 Å². The Morgan fingerprint density at radius 3 is 3.00 bits per heavy atom. The van der Waals surface area contributed by atoms with E-state index in [1.807, 2.05) is 17.6 Å². The van der Waals surface area contributed by atoms with Crippen LogP contribution in [0, 0.1) is 6.92 Å². The van der Waals surface area contributed by atoms with Gasteiger partial charge >= 0.3 is 0 Å². The normalized spacial score (nSPS) is 15.0. The molecule has 0 bridgehead atoms. The molecule has 0 radical (unpaired) electrons. The van der Waals surface area contributed by atoms with E-state index in [0.29, 0.717) is 0 Å². The van der Waals surface area contributed by atoms with Crippen molar-refractivity contribution < 1.29 is 0 Å². The standard InChI is InChI=1S/C10H10BrN3/c1-6-12-10-8-4-2-3-7(8)9(11)5-14(10)13-6/h5H,2-4H2,1H3. The first-order valence-electron chi connectivity index (χ1n) is 4.79. The summed E-state index contributed by atoms with van der Waals surface area (Å²) in [5, 5.41) is 4.33. The quantitative estimate of drug-likeness (QED) is 0.720. The summed E-state index contributed by atoms with van der Waals surface area (Å²) in [6, 6.07) is 0. The molecular weight excluding hydrogens is 242 g/mol. The molecule has 1 aliphatic rings. The monoisotopic (exact) mass is 251 g/mol. The molecule has 0 saturated carbocycles. The minimum absolute atomic E-state index is 0.845. The SMILES string of the molecule is Cc1nc2c3c(c(Br)cn2n1)CCC3. The van der Waals surface area contributed by atoms with E-state index >= 15 is 0 Å². The predicted octanol–water partition coefficient (Wildman–Crippen LogP) is 2.29. The van der Waals surface area contributed by atoms with E-state index in [1.165, 1.54) is 28.4 Å². The van der Waals surface area contributed by atoms with Crippen molar-refractivity contribution in [3.63, 3.8) is 0 Å². The third kappa shape index (κ3) is 1.03. The maximum atomic E-state index is 4.46. The predicted molar refractivity (Wildman–Crippen MR) is 57.4 cm³/mol. The zero-order valence-electron chi connectivity index (χ0n) is 7.92. The molecule has 72 valence electrons. The first-order chi connectivity index (χ1) is 6.75. The molecule has 2 heterocycles. The molecule has 0 amide bonds. The van der Waals surface area contributed by atoms with E-state index in [4.69, 9.17) is 0 Å². The second-order valence-corrected chi connectivity index (χ2v) is 4.57. The van der Waals surface area contributed by atoms with Crippen LogP contribution >= 0.6 is 15.9 Å². The summed E-state index contributed by atoms with van der Waals surface area (Å²) in [5.41, 5.74) is 3.84. The van der Waals surface area contributed by atoms with Crippen molar-refractivity contribution in [3.05, 3.63) is 27.6 Å². The van der Waals surface area contributed by atoms with Crippen LogP contribution in [-0.2, 0) is 12.8 Å². The summed E-state index contributed by atoms with van der Waals surface area (Å²) in [4.78, 5) is 4.46. The van der Waals surface area contributed by atoms with E-state index < -0.39 is 0 Å². The molecule has 2 aromatic heterocycles. The first kappa shape index (κ1) is 8.41. The number of fused-ring (bicyclic) bond motifs is 3. The average Bonchev–Trinajstić information content (AvgIpc) is 2.69. The number of nitrogens with zero attached hydrogens (tertiary/aromatic N) is 3. The Morgan fingerprint density at radius 2 is 2.14 bits per heavy atom. The van der Waals surface area contributed by atoms with Crippen LogP contribution in [0.3, 0.4) is 0 Å². The fraction of sp³-hybridized carbons (Fsp3) is 0.400. The highest BCUT2D eigenvalue weighted by Gasteiger charge is 2.19. The first-order valence-corrected chi connectivity index (χ1v) is 5.58. The lowest BCUT2D eigenvalue weighted by molar-refractivity contribution is 0.910. The minimum Gasteiger partial charge on any atom is -0.219 e. The summed E-state index contributed by atoms with van der Waals surface area (Å²) in [7, 11) is 0. The summed E-state index contributed by atoms with van der Waals surface area (Å²) < 4.78 is 3.05.